The zero-order valence-corrected chi connectivity index (χ0v) is 12.4. The van der Waals surface area contributed by atoms with Gasteiger partial charge in [-0.1, -0.05) is 6.07 Å². The second-order valence-corrected chi connectivity index (χ2v) is 5.76. The fraction of sp³-hybridized carbons (Fsp3) is 0.500. The lowest BCUT2D eigenvalue weighted by Gasteiger charge is -2.13. The van der Waals surface area contributed by atoms with E-state index in [1.54, 1.807) is 22.9 Å². The van der Waals surface area contributed by atoms with Crippen LogP contribution in [0.4, 0.5) is 0 Å². The summed E-state index contributed by atoms with van der Waals surface area (Å²) in [7, 11) is 0. The number of nitrogens with zero attached hydrogens (tertiary/aromatic N) is 2. The third-order valence-corrected chi connectivity index (χ3v) is 4.20. The summed E-state index contributed by atoms with van der Waals surface area (Å²) < 4.78 is 0. The van der Waals surface area contributed by atoms with E-state index in [4.69, 9.17) is 0 Å². The van der Waals surface area contributed by atoms with Crippen molar-refractivity contribution >= 4 is 23.6 Å². The second kappa shape index (κ2) is 7.28. The van der Waals surface area contributed by atoms with Crippen LogP contribution in [0.15, 0.2) is 29.4 Å². The Kier molecular flexibility index (Phi) is 5.40. The molecule has 0 bridgehead atoms. The first-order valence-corrected chi connectivity index (χ1v) is 7.78. The van der Waals surface area contributed by atoms with Gasteiger partial charge in [-0.15, -0.1) is 11.8 Å². The highest BCUT2D eigenvalue weighted by Crippen LogP contribution is 2.17. The fourth-order valence-electron chi connectivity index (χ4n) is 2.16. The Morgan fingerprint density at radius 1 is 1.55 bits per heavy atom. The topological polar surface area (TPSA) is 62.3 Å². The molecule has 20 heavy (non-hydrogen) atoms. The zero-order chi connectivity index (χ0) is 14.4. The van der Waals surface area contributed by atoms with E-state index in [0.29, 0.717) is 26.1 Å². The maximum absolute atomic E-state index is 11.9. The Labute approximate surface area is 123 Å². The summed E-state index contributed by atoms with van der Waals surface area (Å²) in [5.41, 5.74) is 0. The molecule has 2 rings (SSSR count). The predicted octanol–water partition coefficient (Wildman–Crippen LogP) is 1.16. The molecule has 1 aromatic rings. The summed E-state index contributed by atoms with van der Waals surface area (Å²) in [6.45, 7) is 3.76. The normalized spacial score (nSPS) is 18.4. The van der Waals surface area contributed by atoms with E-state index in [9.17, 15) is 9.59 Å². The molecule has 1 saturated heterocycles. The van der Waals surface area contributed by atoms with Gasteiger partial charge in [0, 0.05) is 38.0 Å². The number of likely N-dealkylation sites (tertiary alicyclic amines) is 1. The zero-order valence-electron chi connectivity index (χ0n) is 11.5. The lowest BCUT2D eigenvalue weighted by molar-refractivity contribution is -0.128. The molecule has 1 aliphatic rings. The van der Waals surface area contributed by atoms with Crippen molar-refractivity contribution < 1.29 is 9.59 Å². The van der Waals surface area contributed by atoms with Crippen molar-refractivity contribution in [1.82, 2.24) is 15.2 Å². The Morgan fingerprint density at radius 2 is 2.40 bits per heavy atom. The number of carbonyl (C=O) groups is 2. The third-order valence-electron chi connectivity index (χ3n) is 3.26. The largest absolute Gasteiger partial charge is 0.355 e. The van der Waals surface area contributed by atoms with E-state index in [2.05, 4.69) is 10.3 Å². The van der Waals surface area contributed by atoms with E-state index >= 15 is 0 Å². The molecule has 0 aromatic carbocycles. The smallest absolute Gasteiger partial charge is 0.225 e. The molecule has 1 fully saturated rings. The molecular weight excluding hydrogens is 274 g/mol. The highest BCUT2D eigenvalue weighted by Gasteiger charge is 2.32. The van der Waals surface area contributed by atoms with Gasteiger partial charge in [0.1, 0.15) is 0 Å². The van der Waals surface area contributed by atoms with Crippen molar-refractivity contribution in [1.29, 1.82) is 0 Å². The Bertz CT molecular complexity index is 467. The van der Waals surface area contributed by atoms with E-state index in [1.165, 1.54) is 0 Å². The minimum absolute atomic E-state index is 0.0177. The molecule has 0 spiro atoms. The van der Waals surface area contributed by atoms with Crippen LogP contribution in [0.5, 0.6) is 0 Å². The molecule has 2 amide bonds. The lowest BCUT2D eigenvalue weighted by atomic mass is 10.1. The number of nitrogens with one attached hydrogen (secondary N) is 1. The van der Waals surface area contributed by atoms with Crippen LogP contribution < -0.4 is 5.32 Å². The van der Waals surface area contributed by atoms with Crippen LogP contribution in [0, 0.1) is 5.92 Å². The second-order valence-electron chi connectivity index (χ2n) is 4.64. The van der Waals surface area contributed by atoms with Gasteiger partial charge < -0.3 is 10.2 Å². The minimum Gasteiger partial charge on any atom is -0.355 e. The molecule has 0 radical (unpaired) electrons. The molecule has 2 heterocycles. The lowest BCUT2D eigenvalue weighted by Crippen LogP contribution is -2.34. The van der Waals surface area contributed by atoms with Crippen LogP contribution in [0.2, 0.25) is 0 Å². The quantitative estimate of drug-likeness (QED) is 0.631. The standard InChI is InChI=1S/C14H19N3O2S/c1-2-17-10-11(9-13(17)18)14(19)16-7-8-20-12-5-3-4-6-15-12/h3-6,11H,2,7-10H2,1H3,(H,16,19)/t11-/m0/s1. The summed E-state index contributed by atoms with van der Waals surface area (Å²) in [5, 5.41) is 3.85. The summed E-state index contributed by atoms with van der Waals surface area (Å²) in [4.78, 5) is 29.4. The number of amides is 2. The Hall–Kier alpha value is -1.56. The highest BCUT2D eigenvalue weighted by molar-refractivity contribution is 7.99. The minimum atomic E-state index is -0.192. The van der Waals surface area contributed by atoms with Crippen LogP contribution in [0.3, 0.4) is 0 Å². The molecule has 0 saturated carbocycles. The van der Waals surface area contributed by atoms with Crippen molar-refractivity contribution in [3.63, 3.8) is 0 Å². The van der Waals surface area contributed by atoms with E-state index < -0.39 is 0 Å². The van der Waals surface area contributed by atoms with E-state index in [1.807, 2.05) is 25.1 Å². The molecule has 6 heteroatoms. The van der Waals surface area contributed by atoms with E-state index in [0.717, 1.165) is 10.8 Å². The number of hydrogen-bond donors (Lipinski definition) is 1. The number of rotatable bonds is 6. The predicted molar refractivity (Wildman–Crippen MR) is 78.3 cm³/mol. The molecule has 108 valence electrons. The van der Waals surface area contributed by atoms with Gasteiger partial charge in [-0.25, -0.2) is 4.98 Å². The summed E-state index contributed by atoms with van der Waals surface area (Å²) in [6, 6.07) is 5.76. The van der Waals surface area contributed by atoms with Crippen molar-refractivity contribution in [2.24, 2.45) is 5.92 Å². The molecule has 0 unspecified atom stereocenters. The van der Waals surface area contributed by atoms with Gasteiger partial charge in [0.25, 0.3) is 0 Å². The monoisotopic (exact) mass is 293 g/mol. The van der Waals surface area contributed by atoms with Gasteiger partial charge in [-0.2, -0.15) is 0 Å². The molecule has 1 atom stereocenters. The van der Waals surface area contributed by atoms with Crippen molar-refractivity contribution in [2.45, 2.75) is 18.4 Å². The summed E-state index contributed by atoms with van der Waals surface area (Å²) in [6.07, 6.45) is 2.09. The molecule has 1 aliphatic heterocycles. The van der Waals surface area contributed by atoms with Gasteiger partial charge in [0.05, 0.1) is 10.9 Å². The van der Waals surface area contributed by atoms with Crippen LogP contribution in [-0.2, 0) is 9.59 Å². The number of aromatic nitrogens is 1. The Morgan fingerprint density at radius 3 is 3.05 bits per heavy atom. The fourth-order valence-corrected chi connectivity index (χ4v) is 2.88. The van der Waals surface area contributed by atoms with Gasteiger partial charge in [0.2, 0.25) is 11.8 Å². The Balaban J connectivity index is 1.67. The van der Waals surface area contributed by atoms with Gasteiger partial charge in [-0.3, -0.25) is 9.59 Å². The number of hydrogen-bond acceptors (Lipinski definition) is 4. The van der Waals surface area contributed by atoms with Crippen LogP contribution in [0.25, 0.3) is 0 Å². The summed E-state index contributed by atoms with van der Waals surface area (Å²) >= 11 is 1.61. The third kappa shape index (κ3) is 3.96. The van der Waals surface area contributed by atoms with Crippen molar-refractivity contribution in [3.05, 3.63) is 24.4 Å². The number of thioether (sulfide) groups is 1. The van der Waals surface area contributed by atoms with Gasteiger partial charge >= 0.3 is 0 Å². The maximum atomic E-state index is 11.9. The van der Waals surface area contributed by atoms with Gasteiger partial charge in [-0.05, 0) is 19.1 Å². The average Bonchev–Trinajstić information content (AvgIpc) is 2.86. The van der Waals surface area contributed by atoms with Gasteiger partial charge in [0.15, 0.2) is 0 Å². The average molecular weight is 293 g/mol. The molecule has 0 aliphatic carbocycles. The van der Waals surface area contributed by atoms with Crippen LogP contribution in [0.1, 0.15) is 13.3 Å². The maximum Gasteiger partial charge on any atom is 0.225 e. The van der Waals surface area contributed by atoms with E-state index in [-0.39, 0.29) is 17.7 Å². The molecular formula is C14H19N3O2S. The highest BCUT2D eigenvalue weighted by atomic mass is 32.2. The summed E-state index contributed by atoms with van der Waals surface area (Å²) in [5.74, 6) is 0.648. The molecule has 1 aromatic heterocycles. The SMILES string of the molecule is CCN1C[C@@H](C(=O)NCCSc2ccccn2)CC1=O. The van der Waals surface area contributed by atoms with Crippen molar-refractivity contribution in [3.8, 4) is 0 Å². The first-order chi connectivity index (χ1) is 9.70. The first-order valence-electron chi connectivity index (χ1n) is 6.80. The number of pyridine rings is 1. The number of carbonyl (C=O) groups excluding carboxylic acids is 2. The van der Waals surface area contributed by atoms with Crippen LogP contribution in [-0.4, -0.2) is 47.1 Å². The molecule has 5 nitrogen and oxygen atoms in total. The molecule has 1 N–H and O–H groups in total. The first kappa shape index (κ1) is 14.8. The van der Waals surface area contributed by atoms with Crippen molar-refractivity contribution in [2.75, 3.05) is 25.4 Å². The van der Waals surface area contributed by atoms with Crippen LogP contribution >= 0.6 is 11.8 Å².